The highest BCUT2D eigenvalue weighted by Crippen LogP contribution is 2.37. The number of carbonyl (C=O) groups is 3. The second-order valence-electron chi connectivity index (χ2n) is 17.9. The van der Waals surface area contributed by atoms with Gasteiger partial charge in [-0.25, -0.2) is 18.3 Å². The molecule has 3 atom stereocenters. The number of benzene rings is 1. The van der Waals surface area contributed by atoms with Gasteiger partial charge in [-0.05, 0) is 69.4 Å². The number of morpholine rings is 1. The van der Waals surface area contributed by atoms with E-state index in [1.54, 1.807) is 29.1 Å². The van der Waals surface area contributed by atoms with Crippen LogP contribution in [-0.4, -0.2) is 121 Å². The van der Waals surface area contributed by atoms with Crippen LogP contribution in [0.5, 0.6) is 0 Å². The zero-order valence-electron chi connectivity index (χ0n) is 35.9. The first kappa shape index (κ1) is 43.9. The lowest BCUT2D eigenvalue weighted by molar-refractivity contribution is -0.141. The molecule has 21 heteroatoms. The van der Waals surface area contributed by atoms with E-state index in [0.717, 1.165) is 75.8 Å². The van der Waals surface area contributed by atoms with Gasteiger partial charge in [0, 0.05) is 50.4 Å². The number of rotatable bonds is 11. The lowest BCUT2D eigenvalue weighted by atomic mass is 9.85. The maximum absolute atomic E-state index is 14.3. The summed E-state index contributed by atoms with van der Waals surface area (Å²) in [6, 6.07) is 6.88. The van der Waals surface area contributed by atoms with E-state index < -0.39 is 48.5 Å². The molecule has 4 aliphatic heterocycles. The van der Waals surface area contributed by atoms with Crippen molar-refractivity contribution >= 4 is 45.8 Å². The Morgan fingerprint density at radius 2 is 1.85 bits per heavy atom. The maximum atomic E-state index is 14.3. The molecule has 8 heterocycles. The highest BCUT2D eigenvalue weighted by Gasteiger charge is 2.40. The normalized spacial score (nSPS) is 24.1. The Morgan fingerprint density at radius 3 is 2.58 bits per heavy atom. The predicted molar refractivity (Wildman–Crippen MR) is 228 cm³/mol. The van der Waals surface area contributed by atoms with Crippen molar-refractivity contribution in [1.82, 2.24) is 44.4 Å². The van der Waals surface area contributed by atoms with Gasteiger partial charge < -0.3 is 24.6 Å². The number of alkyl halides is 5. The van der Waals surface area contributed by atoms with Gasteiger partial charge in [0.05, 0.1) is 65.5 Å². The lowest BCUT2D eigenvalue weighted by Gasteiger charge is -2.36. The molecule has 1 unspecified atom stereocenters. The van der Waals surface area contributed by atoms with Crippen LogP contribution in [0.25, 0.3) is 16.6 Å². The molecule has 5 aliphatic rings. The zero-order valence-corrected chi connectivity index (χ0v) is 35.9. The molecule has 5 aromatic rings. The van der Waals surface area contributed by atoms with Crippen molar-refractivity contribution in [3.63, 3.8) is 0 Å². The number of piperidine rings is 2. The Balaban J connectivity index is 0.707. The fraction of sp³-hybridized carbons (Fsp3) is 0.533. The number of ether oxygens (including phenoxy) is 2. The minimum atomic E-state index is -4.57. The van der Waals surface area contributed by atoms with Crippen molar-refractivity contribution in [3.8, 4) is 11.8 Å². The summed E-state index contributed by atoms with van der Waals surface area (Å²) in [5.74, 6) is 4.61. The third-order valence-corrected chi connectivity index (χ3v) is 13.6. The highest BCUT2D eigenvalue weighted by molar-refractivity contribution is 6.08. The van der Waals surface area contributed by atoms with Gasteiger partial charge in [-0.1, -0.05) is 24.0 Å². The van der Waals surface area contributed by atoms with Crippen molar-refractivity contribution in [2.24, 2.45) is 5.92 Å². The Kier molecular flexibility index (Phi) is 12.0. The second-order valence-corrected chi connectivity index (χ2v) is 17.9. The maximum Gasteiger partial charge on any atom is 0.408 e. The first-order chi connectivity index (χ1) is 31.8. The number of nitrogens with one attached hydrogen (secondary N) is 2. The van der Waals surface area contributed by atoms with Crippen LogP contribution < -0.4 is 15.5 Å². The van der Waals surface area contributed by atoms with Crippen molar-refractivity contribution in [2.75, 3.05) is 49.6 Å². The molecule has 2 N–H and O–H groups in total. The third-order valence-electron chi connectivity index (χ3n) is 13.6. The minimum Gasteiger partial charge on any atom is -0.374 e. The van der Waals surface area contributed by atoms with Gasteiger partial charge in [0.15, 0.2) is 11.3 Å². The molecular weight excluding hydrogens is 870 g/mol. The molecule has 16 nitrogen and oxygen atoms in total. The van der Waals surface area contributed by atoms with Gasteiger partial charge in [-0.2, -0.15) is 28.5 Å². The number of halogens is 5. The largest absolute Gasteiger partial charge is 0.408 e. The van der Waals surface area contributed by atoms with E-state index in [2.05, 4.69) is 47.6 Å². The number of amides is 3. The summed E-state index contributed by atoms with van der Waals surface area (Å²) in [6.07, 6.45) is 3.34. The summed E-state index contributed by atoms with van der Waals surface area (Å²) >= 11 is 0. The zero-order chi connectivity index (χ0) is 45.7. The van der Waals surface area contributed by atoms with Gasteiger partial charge in [0.2, 0.25) is 11.8 Å². The SMILES string of the molecule is O=C1CCC(c2nn(CC(F)(F)F)c3c(C#CCOC4CCN(CC5CCC(n6cc(NC(=O)c7cnn8ccc(N9C[C@@H]%10C[C@H]9CO%10)nc78)c(C(F)F)n6)CC5)CC4)cccc23)C(=O)N1. The van der Waals surface area contributed by atoms with E-state index in [1.165, 1.54) is 16.9 Å². The van der Waals surface area contributed by atoms with E-state index in [-0.39, 0.29) is 66.2 Å². The number of fused-ring (bicyclic) bond motifs is 4. The summed E-state index contributed by atoms with van der Waals surface area (Å²) < 4.78 is 85.2. The quantitative estimate of drug-likeness (QED) is 0.0937. The Labute approximate surface area is 375 Å². The van der Waals surface area contributed by atoms with Crippen molar-refractivity contribution in [1.29, 1.82) is 0 Å². The van der Waals surface area contributed by atoms with Gasteiger partial charge in [0.25, 0.3) is 12.3 Å². The minimum absolute atomic E-state index is 0.0300. The predicted octanol–water partition coefficient (Wildman–Crippen LogP) is 5.79. The molecule has 66 heavy (non-hydrogen) atoms. The van der Waals surface area contributed by atoms with Crippen LogP contribution >= 0.6 is 0 Å². The molecule has 348 valence electrons. The molecule has 5 fully saturated rings. The van der Waals surface area contributed by atoms with Crippen molar-refractivity contribution < 1.29 is 45.8 Å². The Hall–Kier alpha value is -5.98. The molecule has 1 aromatic carbocycles. The number of aromatic nitrogens is 7. The van der Waals surface area contributed by atoms with E-state index >= 15 is 0 Å². The van der Waals surface area contributed by atoms with E-state index in [1.807, 2.05) is 6.07 Å². The number of para-hydroxylation sites is 1. The number of anilines is 2. The Bertz CT molecular complexity index is 2710. The van der Waals surface area contributed by atoms with E-state index in [4.69, 9.17) is 14.5 Å². The number of hydrogen-bond donors (Lipinski definition) is 2. The molecule has 4 aromatic heterocycles. The molecule has 3 amide bonds. The molecule has 0 radical (unpaired) electrons. The van der Waals surface area contributed by atoms with Crippen LogP contribution in [0.2, 0.25) is 0 Å². The molecule has 1 saturated carbocycles. The fourth-order valence-corrected chi connectivity index (χ4v) is 10.3. The highest BCUT2D eigenvalue weighted by atomic mass is 19.4. The topological polar surface area (TPSA) is 166 Å². The number of likely N-dealkylation sites (tertiary alicyclic amines) is 1. The molecule has 4 saturated heterocycles. The van der Waals surface area contributed by atoms with Gasteiger partial charge in [0.1, 0.15) is 24.5 Å². The van der Waals surface area contributed by atoms with Crippen LogP contribution in [0.15, 0.2) is 42.9 Å². The van der Waals surface area contributed by atoms with Crippen LogP contribution in [-0.2, 0) is 25.6 Å². The molecule has 0 spiro atoms. The van der Waals surface area contributed by atoms with Gasteiger partial charge in [-0.15, -0.1) is 0 Å². The summed E-state index contributed by atoms with van der Waals surface area (Å²) in [5, 5.41) is 18.1. The second kappa shape index (κ2) is 18.0. The smallest absolute Gasteiger partial charge is 0.374 e. The van der Waals surface area contributed by atoms with Crippen LogP contribution in [0.1, 0.15) is 103 Å². The standard InChI is InChI=1S/C45H48F5N11O5/c46-41(47)39-35(52-44(64)34-20-51-59-17-14-36(53-42(34)59)58-22-31-19-29(58)24-66-31)23-60(56-39)28-8-6-26(7-9-28)21-57-15-12-30(13-16-57)65-18-2-4-27-3-1-5-32-38(33-10-11-37(62)54-43(33)63)55-61(40(27)32)25-45(48,49)50/h1,3,5,14,17,20,23,26,28-31,33,41H,6-13,15-16,18-19,21-22,24-25H2,(H,52,64)(H,54,62,63)/t26?,28?,29-,31-,33?/m0/s1. The first-order valence-electron chi connectivity index (χ1n) is 22.5. The molecule has 2 bridgehead atoms. The monoisotopic (exact) mass is 917 g/mol. The lowest BCUT2D eigenvalue weighted by Crippen LogP contribution is -2.40. The number of imide groups is 1. The van der Waals surface area contributed by atoms with Gasteiger partial charge in [-0.3, -0.25) is 29.1 Å². The van der Waals surface area contributed by atoms with Gasteiger partial charge >= 0.3 is 6.18 Å². The average Bonchev–Trinajstić information content (AvgIpc) is 4.15. The van der Waals surface area contributed by atoms with Crippen molar-refractivity contribution in [3.05, 3.63) is 65.4 Å². The summed E-state index contributed by atoms with van der Waals surface area (Å²) in [5.41, 5.74) is 0.672. The van der Waals surface area contributed by atoms with Crippen LogP contribution in [0.3, 0.4) is 0 Å². The van der Waals surface area contributed by atoms with E-state index in [9.17, 15) is 36.3 Å². The molecule has 1 aliphatic carbocycles. The fourth-order valence-electron chi connectivity index (χ4n) is 10.3. The van der Waals surface area contributed by atoms with Crippen molar-refractivity contribution in [2.45, 2.75) is 107 Å². The third kappa shape index (κ3) is 9.09. The van der Waals surface area contributed by atoms with Crippen LogP contribution in [0.4, 0.5) is 33.5 Å². The Morgan fingerprint density at radius 1 is 1.03 bits per heavy atom. The molecule has 10 rings (SSSR count). The molecular formula is C45H48F5N11O5. The first-order valence-corrected chi connectivity index (χ1v) is 22.5. The van der Waals surface area contributed by atoms with E-state index in [0.29, 0.717) is 34.9 Å². The summed E-state index contributed by atoms with van der Waals surface area (Å²) in [6.45, 7) is 2.63. The van der Waals surface area contributed by atoms with Crippen LogP contribution in [0, 0.1) is 17.8 Å². The number of nitrogens with zero attached hydrogens (tertiary/aromatic N) is 9. The number of hydrogen-bond acceptors (Lipinski definition) is 11. The summed E-state index contributed by atoms with van der Waals surface area (Å²) in [7, 11) is 0. The number of carbonyl (C=O) groups excluding carboxylic acids is 3. The summed E-state index contributed by atoms with van der Waals surface area (Å²) in [4.78, 5) is 47.2. The average molecular weight is 918 g/mol.